The molecule has 2 aliphatic heterocycles. The predicted octanol–water partition coefficient (Wildman–Crippen LogP) is 5.27. The molecule has 2 N–H and O–H groups in total. The Bertz CT molecular complexity index is 1160. The number of hydrogen-bond donors (Lipinski definition) is 2. The summed E-state index contributed by atoms with van der Waals surface area (Å²) in [7, 11) is 0. The Morgan fingerprint density at radius 2 is 1.00 bits per heavy atom. The van der Waals surface area contributed by atoms with Crippen molar-refractivity contribution in [1.29, 1.82) is 0 Å². The van der Waals surface area contributed by atoms with Crippen molar-refractivity contribution in [2.45, 2.75) is 13.8 Å². The minimum Gasteiger partial charge on any atom is -0.355 e. The molecule has 126 valence electrons. The molecule has 5 rings (SSSR count). The minimum absolute atomic E-state index is 0.943. The van der Waals surface area contributed by atoms with E-state index in [1.165, 1.54) is 11.1 Å². The van der Waals surface area contributed by atoms with Crippen molar-refractivity contribution in [3.05, 3.63) is 70.3 Å². The topological polar surface area (TPSA) is 57.4 Å². The third-order valence-corrected chi connectivity index (χ3v) is 4.93. The summed E-state index contributed by atoms with van der Waals surface area (Å²) in [6.45, 7) is 4.27. The van der Waals surface area contributed by atoms with Gasteiger partial charge in [-0.15, -0.1) is 0 Å². The van der Waals surface area contributed by atoms with Gasteiger partial charge < -0.3 is 9.97 Å². The first-order chi connectivity index (χ1) is 12.6. The molecule has 4 heteroatoms. The fourth-order valence-corrected chi connectivity index (χ4v) is 3.35. The van der Waals surface area contributed by atoms with Crippen molar-refractivity contribution in [2.24, 2.45) is 0 Å². The summed E-state index contributed by atoms with van der Waals surface area (Å²) in [5.41, 5.74) is 10.5. The Kier molecular flexibility index (Phi) is 3.19. The molecule has 0 radical (unpaired) electrons. The molecule has 26 heavy (non-hydrogen) atoms. The van der Waals surface area contributed by atoms with Crippen LogP contribution >= 0.6 is 0 Å². The lowest BCUT2D eigenvalue weighted by molar-refractivity contribution is 1.31. The molecular weight excluding hydrogens is 320 g/mol. The van der Waals surface area contributed by atoms with Gasteiger partial charge in [0.15, 0.2) is 0 Å². The van der Waals surface area contributed by atoms with Gasteiger partial charge >= 0.3 is 0 Å². The molecule has 3 aromatic rings. The molecule has 3 aromatic heterocycles. The van der Waals surface area contributed by atoms with Crippen molar-refractivity contribution in [3.63, 3.8) is 0 Å². The molecule has 0 amide bonds. The van der Waals surface area contributed by atoms with E-state index < -0.39 is 0 Å². The van der Waals surface area contributed by atoms with E-state index in [2.05, 4.69) is 60.2 Å². The summed E-state index contributed by atoms with van der Waals surface area (Å²) in [6, 6.07) is 12.4. The van der Waals surface area contributed by atoms with Crippen LogP contribution in [0.1, 0.15) is 33.9 Å². The molecular formula is C22H18N4. The third-order valence-electron chi connectivity index (χ3n) is 4.93. The van der Waals surface area contributed by atoms with Crippen LogP contribution in [0.15, 0.2) is 36.4 Å². The van der Waals surface area contributed by atoms with Crippen molar-refractivity contribution in [3.8, 4) is 0 Å². The van der Waals surface area contributed by atoms with Gasteiger partial charge in [-0.25, -0.2) is 9.97 Å². The maximum atomic E-state index is 4.71. The zero-order valence-corrected chi connectivity index (χ0v) is 14.7. The minimum atomic E-state index is 0.943. The standard InChI is InChI=1S/C22H18N4/c1-13-14(2)22-12-20-8-6-18(25-20)10-16-4-3-15(23-16)9-17-5-7-19(24-17)11-21(13)26-22/h3-12,23,26H,1-2H3. The number of nitrogens with one attached hydrogen (secondary N) is 2. The summed E-state index contributed by atoms with van der Waals surface area (Å²) >= 11 is 0. The van der Waals surface area contributed by atoms with Gasteiger partial charge in [0.2, 0.25) is 0 Å². The highest BCUT2D eigenvalue weighted by Gasteiger charge is 2.06. The van der Waals surface area contributed by atoms with E-state index in [-0.39, 0.29) is 0 Å². The summed E-state index contributed by atoms with van der Waals surface area (Å²) in [5.74, 6) is 0. The molecule has 0 unspecified atom stereocenters. The molecule has 4 nitrogen and oxygen atoms in total. The number of fused-ring (bicyclic) bond motifs is 8. The quantitative estimate of drug-likeness (QED) is 0.404. The van der Waals surface area contributed by atoms with Crippen molar-refractivity contribution >= 4 is 46.4 Å². The van der Waals surface area contributed by atoms with Crippen LogP contribution in [-0.4, -0.2) is 19.9 Å². The first-order valence-electron chi connectivity index (χ1n) is 8.69. The van der Waals surface area contributed by atoms with Crippen LogP contribution in [0, 0.1) is 13.8 Å². The lowest BCUT2D eigenvalue weighted by Gasteiger charge is -1.89. The van der Waals surface area contributed by atoms with Gasteiger partial charge in [-0.1, -0.05) is 0 Å². The number of aryl methyl sites for hydroxylation is 2. The van der Waals surface area contributed by atoms with Crippen LogP contribution in [0.2, 0.25) is 0 Å². The highest BCUT2D eigenvalue weighted by atomic mass is 14.8. The van der Waals surface area contributed by atoms with Crippen molar-refractivity contribution in [1.82, 2.24) is 19.9 Å². The third kappa shape index (κ3) is 2.56. The van der Waals surface area contributed by atoms with Gasteiger partial charge in [0.05, 0.1) is 22.8 Å². The normalized spacial score (nSPS) is 12.7. The lowest BCUT2D eigenvalue weighted by atomic mass is 10.2. The Morgan fingerprint density at radius 1 is 0.577 bits per heavy atom. The second kappa shape index (κ2) is 5.56. The SMILES string of the molecule is Cc1c(C)c2cc3nc(cc4ccc(cc5nc(cc1[nH]2)C=C5)[nH]4)C=C3. The van der Waals surface area contributed by atoms with Crippen LogP contribution in [0.5, 0.6) is 0 Å². The first-order valence-corrected chi connectivity index (χ1v) is 8.69. The maximum Gasteiger partial charge on any atom is 0.0658 e. The summed E-state index contributed by atoms with van der Waals surface area (Å²) in [5, 5.41) is 0. The lowest BCUT2D eigenvalue weighted by Crippen LogP contribution is -1.75. The van der Waals surface area contributed by atoms with Crippen LogP contribution in [0.25, 0.3) is 46.4 Å². The molecule has 0 fully saturated rings. The van der Waals surface area contributed by atoms with Gasteiger partial charge in [-0.05, 0) is 85.7 Å². The number of hydrogen-bond acceptors (Lipinski definition) is 2. The van der Waals surface area contributed by atoms with E-state index in [1.807, 2.05) is 24.3 Å². The van der Waals surface area contributed by atoms with Crippen LogP contribution in [0.4, 0.5) is 0 Å². The summed E-state index contributed by atoms with van der Waals surface area (Å²) < 4.78 is 0. The molecule has 0 aromatic carbocycles. The number of H-pyrrole nitrogens is 2. The Balaban J connectivity index is 1.89. The van der Waals surface area contributed by atoms with Crippen LogP contribution in [0.3, 0.4) is 0 Å². The molecule has 0 atom stereocenters. The van der Waals surface area contributed by atoms with Gasteiger partial charge in [-0.2, -0.15) is 0 Å². The van der Waals surface area contributed by atoms with Gasteiger partial charge in [0.1, 0.15) is 0 Å². The molecule has 0 spiro atoms. The van der Waals surface area contributed by atoms with Crippen molar-refractivity contribution < 1.29 is 0 Å². The zero-order chi connectivity index (χ0) is 17.7. The fraction of sp³-hybridized carbons (Fsp3) is 0.0909. The molecule has 0 saturated carbocycles. The Hall–Kier alpha value is -3.40. The molecule has 8 bridgehead atoms. The van der Waals surface area contributed by atoms with E-state index in [0.29, 0.717) is 0 Å². The van der Waals surface area contributed by atoms with Gasteiger partial charge in [0.25, 0.3) is 0 Å². The zero-order valence-electron chi connectivity index (χ0n) is 14.7. The molecule has 0 aliphatic carbocycles. The van der Waals surface area contributed by atoms with E-state index in [0.717, 1.165) is 44.8 Å². The number of nitrogens with zero attached hydrogens (tertiary/aromatic N) is 2. The average Bonchev–Trinajstić information content (AvgIpc) is 3.38. The van der Waals surface area contributed by atoms with Crippen LogP contribution < -0.4 is 0 Å². The highest BCUT2D eigenvalue weighted by molar-refractivity contribution is 5.79. The largest absolute Gasteiger partial charge is 0.355 e. The number of aromatic amines is 2. The number of aromatic nitrogens is 4. The number of rotatable bonds is 0. The highest BCUT2D eigenvalue weighted by Crippen LogP contribution is 2.22. The second-order valence-corrected chi connectivity index (χ2v) is 6.74. The van der Waals surface area contributed by atoms with E-state index in [9.17, 15) is 0 Å². The Morgan fingerprint density at radius 3 is 1.46 bits per heavy atom. The predicted molar refractivity (Wildman–Crippen MR) is 108 cm³/mol. The summed E-state index contributed by atoms with van der Waals surface area (Å²) in [6.07, 6.45) is 8.17. The average molecular weight is 338 g/mol. The smallest absolute Gasteiger partial charge is 0.0658 e. The molecule has 5 heterocycles. The van der Waals surface area contributed by atoms with Gasteiger partial charge in [0, 0.05) is 22.1 Å². The van der Waals surface area contributed by atoms with E-state index in [1.54, 1.807) is 0 Å². The van der Waals surface area contributed by atoms with E-state index in [4.69, 9.17) is 9.97 Å². The molecule has 2 aliphatic rings. The van der Waals surface area contributed by atoms with E-state index >= 15 is 0 Å². The Labute approximate surface area is 151 Å². The first kappa shape index (κ1) is 14.9. The maximum absolute atomic E-state index is 4.71. The molecule has 0 saturated heterocycles. The second-order valence-electron chi connectivity index (χ2n) is 6.74. The fourth-order valence-electron chi connectivity index (χ4n) is 3.35. The summed E-state index contributed by atoms with van der Waals surface area (Å²) in [4.78, 5) is 16.3. The monoisotopic (exact) mass is 338 g/mol. The van der Waals surface area contributed by atoms with Crippen molar-refractivity contribution in [2.75, 3.05) is 0 Å². The van der Waals surface area contributed by atoms with Crippen LogP contribution in [-0.2, 0) is 0 Å². The van der Waals surface area contributed by atoms with Gasteiger partial charge in [-0.3, -0.25) is 0 Å².